The Kier molecular flexibility index (Phi) is 6.66. The van der Waals surface area contributed by atoms with Gasteiger partial charge in [0.25, 0.3) is 0 Å². The molecule has 1 rings (SSSR count). The fourth-order valence-electron chi connectivity index (χ4n) is 1.71. The molecule has 1 aromatic heterocycles. The number of rotatable bonds is 9. The minimum Gasteiger partial charge on any atom is -0.370 e. The summed E-state index contributed by atoms with van der Waals surface area (Å²) in [4.78, 5) is 8.45. The molecule has 0 atom stereocenters. The highest BCUT2D eigenvalue weighted by molar-refractivity contribution is 7.88. The molecule has 1 heterocycles. The van der Waals surface area contributed by atoms with Gasteiger partial charge in [0, 0.05) is 25.2 Å². The van der Waals surface area contributed by atoms with Gasteiger partial charge in [-0.1, -0.05) is 13.8 Å². The highest BCUT2D eigenvalue weighted by Crippen LogP contribution is 2.19. The van der Waals surface area contributed by atoms with Crippen LogP contribution >= 0.6 is 0 Å². The van der Waals surface area contributed by atoms with E-state index in [0.717, 1.165) is 42.8 Å². The summed E-state index contributed by atoms with van der Waals surface area (Å²) in [6, 6.07) is 0. The smallest absolute Gasteiger partial charge is 0.208 e. The highest BCUT2D eigenvalue weighted by Gasteiger charge is 2.09. The molecule has 0 aliphatic rings. The van der Waals surface area contributed by atoms with Gasteiger partial charge in [-0.25, -0.2) is 23.1 Å². The van der Waals surface area contributed by atoms with Crippen molar-refractivity contribution in [1.29, 1.82) is 0 Å². The molecule has 0 spiro atoms. The Hall–Kier alpha value is -1.41. The van der Waals surface area contributed by atoms with Crippen molar-refractivity contribution in [2.24, 2.45) is 0 Å². The summed E-state index contributed by atoms with van der Waals surface area (Å²) in [5, 5.41) is 6.40. The highest BCUT2D eigenvalue weighted by atomic mass is 32.2. The van der Waals surface area contributed by atoms with Crippen LogP contribution in [-0.2, 0) is 16.4 Å². The van der Waals surface area contributed by atoms with Crippen LogP contribution in [0.3, 0.4) is 0 Å². The van der Waals surface area contributed by atoms with Crippen LogP contribution in [0.25, 0.3) is 0 Å². The SMILES string of the molecule is CCCNc1ncnc(NCCNS(C)(=O)=O)c1CC. The third-order valence-electron chi connectivity index (χ3n) is 2.62. The summed E-state index contributed by atoms with van der Waals surface area (Å²) in [7, 11) is -3.15. The summed E-state index contributed by atoms with van der Waals surface area (Å²) in [6.07, 6.45) is 4.47. The van der Waals surface area contributed by atoms with Gasteiger partial charge in [-0.05, 0) is 12.8 Å². The fraction of sp³-hybridized carbons (Fsp3) is 0.667. The first-order valence-corrected chi connectivity index (χ1v) is 8.63. The molecule has 1 aromatic rings. The van der Waals surface area contributed by atoms with E-state index < -0.39 is 10.0 Å². The largest absolute Gasteiger partial charge is 0.370 e. The number of nitrogens with one attached hydrogen (secondary N) is 3. The molecular formula is C12H23N5O2S. The van der Waals surface area contributed by atoms with Gasteiger partial charge in [-0.3, -0.25) is 0 Å². The zero-order valence-electron chi connectivity index (χ0n) is 12.2. The molecular weight excluding hydrogens is 278 g/mol. The zero-order chi connectivity index (χ0) is 15.0. The van der Waals surface area contributed by atoms with Crippen molar-refractivity contribution in [2.75, 3.05) is 36.5 Å². The standard InChI is InChI=1S/C12H23N5O2S/c1-4-6-13-11-10(5-2)12(16-9-15-11)14-7-8-17-20(3,18)19/h9,17H,4-8H2,1-3H3,(H2,13,14,15,16). The third kappa shape index (κ3) is 5.70. The first-order chi connectivity index (χ1) is 9.48. The lowest BCUT2D eigenvalue weighted by Gasteiger charge is -2.14. The van der Waals surface area contributed by atoms with Crippen LogP contribution in [0.1, 0.15) is 25.8 Å². The van der Waals surface area contributed by atoms with E-state index in [1.165, 1.54) is 6.33 Å². The predicted molar refractivity (Wildman–Crippen MR) is 81.5 cm³/mol. The summed E-state index contributed by atoms with van der Waals surface area (Å²) in [6.45, 7) is 5.79. The van der Waals surface area contributed by atoms with Crippen LogP contribution in [0.4, 0.5) is 11.6 Å². The normalized spacial score (nSPS) is 11.3. The van der Waals surface area contributed by atoms with E-state index in [1.54, 1.807) is 0 Å². The van der Waals surface area contributed by atoms with E-state index in [4.69, 9.17) is 0 Å². The van der Waals surface area contributed by atoms with Crippen molar-refractivity contribution in [2.45, 2.75) is 26.7 Å². The lowest BCUT2D eigenvalue weighted by atomic mass is 10.2. The second-order valence-electron chi connectivity index (χ2n) is 4.42. The molecule has 0 aliphatic heterocycles. The topological polar surface area (TPSA) is 96.0 Å². The number of anilines is 2. The van der Waals surface area contributed by atoms with E-state index in [9.17, 15) is 8.42 Å². The van der Waals surface area contributed by atoms with Gasteiger partial charge in [0.05, 0.1) is 6.26 Å². The zero-order valence-corrected chi connectivity index (χ0v) is 13.0. The van der Waals surface area contributed by atoms with Gasteiger partial charge in [0.15, 0.2) is 0 Å². The number of hydrogen-bond donors (Lipinski definition) is 3. The molecule has 0 unspecified atom stereocenters. The van der Waals surface area contributed by atoms with E-state index in [2.05, 4.69) is 32.2 Å². The average molecular weight is 301 g/mol. The molecule has 0 saturated carbocycles. The van der Waals surface area contributed by atoms with E-state index in [-0.39, 0.29) is 0 Å². The first-order valence-electron chi connectivity index (χ1n) is 6.74. The molecule has 0 saturated heterocycles. The van der Waals surface area contributed by atoms with Crippen molar-refractivity contribution < 1.29 is 8.42 Å². The number of sulfonamides is 1. The molecule has 8 heteroatoms. The number of nitrogens with zero attached hydrogens (tertiary/aromatic N) is 2. The number of aromatic nitrogens is 2. The molecule has 20 heavy (non-hydrogen) atoms. The Morgan fingerprint density at radius 3 is 2.15 bits per heavy atom. The molecule has 114 valence electrons. The molecule has 0 aromatic carbocycles. The van der Waals surface area contributed by atoms with Crippen molar-refractivity contribution in [3.8, 4) is 0 Å². The Bertz CT molecular complexity index is 519. The minimum atomic E-state index is -3.15. The average Bonchev–Trinajstić information content (AvgIpc) is 2.40. The maximum absolute atomic E-state index is 11.0. The maximum Gasteiger partial charge on any atom is 0.208 e. The van der Waals surface area contributed by atoms with E-state index in [0.29, 0.717) is 13.1 Å². The Labute approximate surface area is 120 Å². The van der Waals surface area contributed by atoms with Crippen LogP contribution in [0.5, 0.6) is 0 Å². The van der Waals surface area contributed by atoms with Crippen LogP contribution in [-0.4, -0.2) is 44.3 Å². The summed E-state index contributed by atoms with van der Waals surface area (Å²) >= 11 is 0. The molecule has 0 radical (unpaired) electrons. The van der Waals surface area contributed by atoms with Gasteiger partial charge in [0.1, 0.15) is 18.0 Å². The van der Waals surface area contributed by atoms with Gasteiger partial charge in [0.2, 0.25) is 10.0 Å². The fourth-order valence-corrected chi connectivity index (χ4v) is 2.19. The molecule has 0 fully saturated rings. The summed E-state index contributed by atoms with van der Waals surface area (Å²) in [5.74, 6) is 1.58. The van der Waals surface area contributed by atoms with Crippen LogP contribution < -0.4 is 15.4 Å². The second kappa shape index (κ2) is 8.01. The Morgan fingerprint density at radius 2 is 1.65 bits per heavy atom. The van der Waals surface area contributed by atoms with Gasteiger partial charge >= 0.3 is 0 Å². The van der Waals surface area contributed by atoms with E-state index >= 15 is 0 Å². The molecule has 0 bridgehead atoms. The predicted octanol–water partition coefficient (Wildman–Crippen LogP) is 0.822. The molecule has 3 N–H and O–H groups in total. The molecule has 7 nitrogen and oxygen atoms in total. The summed E-state index contributed by atoms with van der Waals surface area (Å²) in [5.41, 5.74) is 1.01. The Balaban J connectivity index is 2.64. The van der Waals surface area contributed by atoms with Gasteiger partial charge < -0.3 is 10.6 Å². The summed E-state index contributed by atoms with van der Waals surface area (Å²) < 4.78 is 24.4. The quantitative estimate of drug-likeness (QED) is 0.585. The monoisotopic (exact) mass is 301 g/mol. The Morgan fingerprint density at radius 1 is 1.05 bits per heavy atom. The maximum atomic E-state index is 11.0. The van der Waals surface area contributed by atoms with Crippen molar-refractivity contribution in [3.05, 3.63) is 11.9 Å². The van der Waals surface area contributed by atoms with Gasteiger partial charge in [-0.15, -0.1) is 0 Å². The lowest BCUT2D eigenvalue weighted by molar-refractivity contribution is 0.589. The molecule has 0 amide bonds. The van der Waals surface area contributed by atoms with Gasteiger partial charge in [-0.2, -0.15) is 0 Å². The van der Waals surface area contributed by atoms with Crippen LogP contribution in [0.2, 0.25) is 0 Å². The van der Waals surface area contributed by atoms with Crippen molar-refractivity contribution >= 4 is 21.7 Å². The van der Waals surface area contributed by atoms with Crippen molar-refractivity contribution in [3.63, 3.8) is 0 Å². The van der Waals surface area contributed by atoms with E-state index in [1.807, 2.05) is 6.92 Å². The third-order valence-corrected chi connectivity index (χ3v) is 3.35. The van der Waals surface area contributed by atoms with Crippen LogP contribution in [0.15, 0.2) is 6.33 Å². The second-order valence-corrected chi connectivity index (χ2v) is 6.26. The lowest BCUT2D eigenvalue weighted by Crippen LogP contribution is -2.28. The van der Waals surface area contributed by atoms with Crippen molar-refractivity contribution in [1.82, 2.24) is 14.7 Å². The minimum absolute atomic E-state index is 0.323. The molecule has 0 aliphatic carbocycles. The number of hydrogen-bond acceptors (Lipinski definition) is 6. The first kappa shape index (κ1) is 16.6. The van der Waals surface area contributed by atoms with Crippen LogP contribution in [0, 0.1) is 0 Å².